The van der Waals surface area contributed by atoms with Crippen molar-refractivity contribution in [2.24, 2.45) is 5.10 Å². The lowest BCUT2D eigenvalue weighted by Crippen LogP contribution is -2.12. The number of ether oxygens (including phenoxy) is 1. The minimum atomic E-state index is -4.71. The fourth-order valence-electron chi connectivity index (χ4n) is 1.62. The molecule has 0 bridgehead atoms. The highest BCUT2D eigenvalue weighted by Crippen LogP contribution is 2.29. The van der Waals surface area contributed by atoms with Crippen LogP contribution < -0.4 is 4.74 Å². The Bertz CT molecular complexity index is 752. The second kappa shape index (κ2) is 6.18. The summed E-state index contributed by atoms with van der Waals surface area (Å²) in [6.07, 6.45) is -3.67. The quantitative estimate of drug-likeness (QED) is 0.667. The third kappa shape index (κ3) is 3.27. The second-order valence-corrected chi connectivity index (χ2v) is 4.42. The Morgan fingerprint density at radius 2 is 2.23 bits per heavy atom. The Labute approximate surface area is 127 Å². The summed E-state index contributed by atoms with van der Waals surface area (Å²) >= 11 is 4.70. The van der Waals surface area contributed by atoms with Gasteiger partial charge in [-0.2, -0.15) is 22.9 Å². The highest BCUT2D eigenvalue weighted by Gasteiger charge is 2.37. The van der Waals surface area contributed by atoms with E-state index >= 15 is 0 Å². The molecular weight excluding hydrogens is 321 g/mol. The van der Waals surface area contributed by atoms with Gasteiger partial charge in [-0.1, -0.05) is 6.07 Å². The topological polar surface area (TPSA) is 75.4 Å². The molecule has 2 N–H and O–H groups in total. The van der Waals surface area contributed by atoms with E-state index in [-0.39, 0.29) is 21.8 Å². The second-order valence-electron chi connectivity index (χ2n) is 4.03. The molecule has 0 fully saturated rings. The lowest BCUT2D eigenvalue weighted by atomic mass is 10.2. The molecule has 0 spiro atoms. The van der Waals surface area contributed by atoms with Gasteiger partial charge < -0.3 is 9.84 Å². The van der Waals surface area contributed by atoms with Crippen LogP contribution >= 0.6 is 12.2 Å². The Morgan fingerprint density at radius 3 is 2.86 bits per heavy atom. The van der Waals surface area contributed by atoms with Crippen LogP contribution in [0.3, 0.4) is 0 Å². The van der Waals surface area contributed by atoms with E-state index in [4.69, 9.17) is 17.0 Å². The normalized spacial score (nSPS) is 12.0. The van der Waals surface area contributed by atoms with Gasteiger partial charge in [0, 0.05) is 5.56 Å². The standard InChI is InChI=1S/C12H11F3N4O2S/c1-2-21-8-5-3-4-7(9(8)20)6-16-19-10(12(13,14)15)17-18-11(19)22/h3-6,20H,2H2,1H3,(H,18,22)/b16-6+. The number of aromatic hydroxyl groups is 1. The maximum atomic E-state index is 12.7. The van der Waals surface area contributed by atoms with Gasteiger partial charge in [0.1, 0.15) is 0 Å². The summed E-state index contributed by atoms with van der Waals surface area (Å²) in [5, 5.41) is 18.7. The summed E-state index contributed by atoms with van der Waals surface area (Å²) in [7, 11) is 0. The molecule has 0 saturated heterocycles. The maximum absolute atomic E-state index is 12.7. The van der Waals surface area contributed by atoms with Crippen molar-refractivity contribution in [2.75, 3.05) is 6.61 Å². The number of para-hydroxylation sites is 1. The molecule has 6 nitrogen and oxygen atoms in total. The number of nitrogens with one attached hydrogen (secondary N) is 1. The number of H-pyrrole nitrogens is 1. The van der Waals surface area contributed by atoms with Gasteiger partial charge in [-0.3, -0.25) is 0 Å². The molecule has 0 aliphatic rings. The number of hydrogen-bond acceptors (Lipinski definition) is 5. The molecule has 0 atom stereocenters. The Kier molecular flexibility index (Phi) is 4.50. The number of benzene rings is 1. The minimum Gasteiger partial charge on any atom is -0.504 e. The molecular formula is C12H11F3N4O2S. The van der Waals surface area contributed by atoms with Crippen molar-refractivity contribution < 1.29 is 23.0 Å². The van der Waals surface area contributed by atoms with Crippen molar-refractivity contribution in [3.63, 3.8) is 0 Å². The molecule has 1 aromatic carbocycles. The fraction of sp³-hybridized carbons (Fsp3) is 0.250. The Balaban J connectivity index is 2.40. The maximum Gasteiger partial charge on any atom is 0.453 e. The molecule has 1 aromatic heterocycles. The van der Waals surface area contributed by atoms with Gasteiger partial charge in [0.2, 0.25) is 4.77 Å². The van der Waals surface area contributed by atoms with Crippen molar-refractivity contribution >= 4 is 18.4 Å². The number of alkyl halides is 3. The number of nitrogens with zero attached hydrogens (tertiary/aromatic N) is 3. The first-order chi connectivity index (χ1) is 10.3. The van der Waals surface area contributed by atoms with Crippen LogP contribution in [0.4, 0.5) is 13.2 Å². The zero-order chi connectivity index (χ0) is 16.3. The van der Waals surface area contributed by atoms with E-state index in [0.29, 0.717) is 11.3 Å². The predicted molar refractivity (Wildman–Crippen MR) is 74.7 cm³/mol. The van der Waals surface area contributed by atoms with E-state index in [1.165, 1.54) is 12.1 Å². The number of halogens is 3. The van der Waals surface area contributed by atoms with E-state index in [0.717, 1.165) is 6.21 Å². The molecule has 0 aliphatic heterocycles. The van der Waals surface area contributed by atoms with E-state index in [1.54, 1.807) is 13.0 Å². The number of aromatic nitrogens is 3. The Hall–Kier alpha value is -2.36. The molecule has 10 heteroatoms. The first-order valence-corrected chi connectivity index (χ1v) is 6.49. The lowest BCUT2D eigenvalue weighted by Gasteiger charge is -2.07. The molecule has 2 aromatic rings. The van der Waals surface area contributed by atoms with Crippen LogP contribution in [0.15, 0.2) is 23.3 Å². The monoisotopic (exact) mass is 332 g/mol. The molecule has 0 amide bonds. The highest BCUT2D eigenvalue weighted by atomic mass is 32.1. The molecule has 2 rings (SSSR count). The van der Waals surface area contributed by atoms with Crippen LogP contribution in [-0.2, 0) is 6.18 Å². The molecule has 0 unspecified atom stereocenters. The summed E-state index contributed by atoms with van der Waals surface area (Å²) in [6.45, 7) is 2.07. The van der Waals surface area contributed by atoms with Gasteiger partial charge in [0.25, 0.3) is 5.82 Å². The largest absolute Gasteiger partial charge is 0.504 e. The van der Waals surface area contributed by atoms with Crippen molar-refractivity contribution in [2.45, 2.75) is 13.1 Å². The molecule has 1 heterocycles. The van der Waals surface area contributed by atoms with Gasteiger partial charge >= 0.3 is 6.18 Å². The van der Waals surface area contributed by atoms with Crippen LogP contribution in [-0.4, -0.2) is 32.8 Å². The fourth-order valence-corrected chi connectivity index (χ4v) is 1.80. The molecule has 0 saturated carbocycles. The van der Waals surface area contributed by atoms with Gasteiger partial charge in [-0.15, -0.1) is 5.10 Å². The number of rotatable bonds is 4. The minimum absolute atomic E-state index is 0.183. The van der Waals surface area contributed by atoms with Crippen LogP contribution in [0.5, 0.6) is 11.5 Å². The molecule has 0 aliphatic carbocycles. The smallest absolute Gasteiger partial charge is 0.453 e. The predicted octanol–water partition coefficient (Wildman–Crippen LogP) is 2.95. The molecule has 118 valence electrons. The highest BCUT2D eigenvalue weighted by molar-refractivity contribution is 7.71. The van der Waals surface area contributed by atoms with E-state index in [2.05, 4.69) is 10.2 Å². The zero-order valence-electron chi connectivity index (χ0n) is 11.3. The van der Waals surface area contributed by atoms with Crippen LogP contribution in [0.1, 0.15) is 18.3 Å². The molecule has 0 radical (unpaired) electrons. The first-order valence-electron chi connectivity index (χ1n) is 6.08. The van der Waals surface area contributed by atoms with Crippen molar-refractivity contribution in [3.05, 3.63) is 34.4 Å². The summed E-state index contributed by atoms with van der Waals surface area (Å²) in [5.41, 5.74) is 0.183. The van der Waals surface area contributed by atoms with Gasteiger partial charge in [0.15, 0.2) is 11.5 Å². The van der Waals surface area contributed by atoms with E-state index < -0.39 is 12.0 Å². The number of hydrogen-bond donors (Lipinski definition) is 2. The average molecular weight is 332 g/mol. The van der Waals surface area contributed by atoms with Crippen molar-refractivity contribution in [1.29, 1.82) is 0 Å². The lowest BCUT2D eigenvalue weighted by molar-refractivity contribution is -0.147. The third-order valence-electron chi connectivity index (χ3n) is 2.55. The van der Waals surface area contributed by atoms with Gasteiger partial charge in [-0.05, 0) is 31.3 Å². The summed E-state index contributed by atoms with van der Waals surface area (Å²) in [6, 6.07) is 4.57. The van der Waals surface area contributed by atoms with Crippen LogP contribution in [0.25, 0.3) is 0 Å². The number of phenols is 1. The summed E-state index contributed by atoms with van der Waals surface area (Å²) < 4.78 is 43.5. The molecule has 22 heavy (non-hydrogen) atoms. The number of aromatic amines is 1. The third-order valence-corrected chi connectivity index (χ3v) is 2.81. The SMILES string of the molecule is CCOc1cccc(/C=N/n2c(C(F)(F)F)n[nH]c2=S)c1O. The van der Waals surface area contributed by atoms with Crippen molar-refractivity contribution in [1.82, 2.24) is 14.9 Å². The average Bonchev–Trinajstić information content (AvgIpc) is 2.81. The Morgan fingerprint density at radius 1 is 1.50 bits per heavy atom. The zero-order valence-corrected chi connectivity index (χ0v) is 12.1. The summed E-state index contributed by atoms with van der Waals surface area (Å²) in [5.74, 6) is -1.30. The van der Waals surface area contributed by atoms with Gasteiger partial charge in [-0.25, -0.2) is 5.10 Å². The van der Waals surface area contributed by atoms with E-state index in [9.17, 15) is 18.3 Å². The summed E-state index contributed by atoms with van der Waals surface area (Å²) in [4.78, 5) is 0. The van der Waals surface area contributed by atoms with E-state index in [1.807, 2.05) is 5.10 Å². The van der Waals surface area contributed by atoms with Gasteiger partial charge in [0.05, 0.1) is 12.8 Å². The van der Waals surface area contributed by atoms with Crippen LogP contribution in [0, 0.1) is 4.77 Å². The van der Waals surface area contributed by atoms with Crippen LogP contribution in [0.2, 0.25) is 0 Å². The van der Waals surface area contributed by atoms with Crippen molar-refractivity contribution in [3.8, 4) is 11.5 Å². The first kappa shape index (κ1) is 16.0. The number of phenolic OH excluding ortho intramolecular Hbond substituents is 1.